The molecule has 2 aromatic heterocycles. The predicted molar refractivity (Wildman–Crippen MR) is 368 cm³/mol. The quantitative estimate of drug-likeness (QED) is 0.0536. The number of halogens is 2. The number of carbonyl (C=O) groups excluding carboxylic acids is 2. The van der Waals surface area contributed by atoms with E-state index in [1.54, 1.807) is 6.92 Å². The molecule has 13 nitrogen and oxygen atoms in total. The summed E-state index contributed by atoms with van der Waals surface area (Å²) in [6.45, 7) is 25.4. The molecular formula is C69H93AlBr2N8O5S2. The molecule has 4 aliphatic rings. The first kappa shape index (κ1) is 70.5. The lowest BCUT2D eigenvalue weighted by Crippen LogP contribution is -2.42. The van der Waals surface area contributed by atoms with Gasteiger partial charge in [0.15, 0.2) is 0 Å². The zero-order chi connectivity index (χ0) is 63.2. The Labute approximate surface area is 547 Å². The second-order valence-electron chi connectivity index (χ2n) is 25.8. The lowest BCUT2D eigenvalue weighted by atomic mass is 9.95. The molecule has 468 valence electrons. The Morgan fingerprint density at radius 3 is 1.49 bits per heavy atom. The van der Waals surface area contributed by atoms with E-state index >= 15 is 0 Å². The topological polar surface area (TPSA) is 166 Å². The third kappa shape index (κ3) is 19.8. The number of hydrogen-bond donors (Lipinski definition) is 2. The second kappa shape index (κ2) is 32.9. The van der Waals surface area contributed by atoms with Crippen LogP contribution in [0, 0.1) is 0 Å². The molecule has 6 heterocycles. The Balaban J connectivity index is 0.000000200. The van der Waals surface area contributed by atoms with Crippen LogP contribution in [0.3, 0.4) is 0 Å². The van der Waals surface area contributed by atoms with Gasteiger partial charge in [-0.1, -0.05) is 143 Å². The number of likely N-dealkylation sites (tertiary alicyclic amines) is 2. The molecule has 1 amide bonds. The van der Waals surface area contributed by atoms with E-state index in [2.05, 4.69) is 147 Å². The molecule has 2 fully saturated rings. The minimum absolute atomic E-state index is 0.0113. The third-order valence-corrected chi connectivity index (χ3v) is 19.9. The van der Waals surface area contributed by atoms with Gasteiger partial charge in [0.25, 0.3) is 20.1 Å². The molecule has 6 aromatic rings. The molecule has 3 N–H and O–H groups in total. The van der Waals surface area contributed by atoms with E-state index in [1.165, 1.54) is 11.1 Å². The Kier molecular flexibility index (Phi) is 26.6. The van der Waals surface area contributed by atoms with Crippen molar-refractivity contribution in [2.45, 2.75) is 178 Å². The number of amides is 1. The highest BCUT2D eigenvalue weighted by Gasteiger charge is 2.46. The van der Waals surface area contributed by atoms with Gasteiger partial charge in [0.05, 0.1) is 43.2 Å². The molecule has 0 aliphatic carbocycles. The van der Waals surface area contributed by atoms with E-state index < -0.39 is 28.7 Å². The maximum Gasteiger partial charge on any atom is 0.356 e. The van der Waals surface area contributed by atoms with E-state index in [1.807, 2.05) is 102 Å². The summed E-state index contributed by atoms with van der Waals surface area (Å²) in [4.78, 5) is 40.7. The number of nitrogens with two attached hydrogens (primary N) is 1. The van der Waals surface area contributed by atoms with Crippen LogP contribution in [-0.2, 0) is 53.6 Å². The zero-order valence-corrected chi connectivity index (χ0v) is 59.4. The number of ether oxygens (including phenoxy) is 1. The molecule has 0 bridgehead atoms. The smallest absolute Gasteiger partial charge is 0.356 e. The van der Waals surface area contributed by atoms with Crippen LogP contribution in [0.15, 0.2) is 130 Å². The Morgan fingerprint density at radius 2 is 1.08 bits per heavy atom. The number of rotatable bonds is 16. The van der Waals surface area contributed by atoms with E-state index in [0.29, 0.717) is 37.1 Å². The van der Waals surface area contributed by atoms with Gasteiger partial charge in [0.2, 0.25) is 0 Å². The number of pyridine rings is 2. The van der Waals surface area contributed by atoms with Gasteiger partial charge >= 0.3 is 5.97 Å². The number of nitrogens with one attached hydrogen (secondary N) is 1. The summed E-state index contributed by atoms with van der Waals surface area (Å²) < 4.78 is 37.6. The lowest BCUT2D eigenvalue weighted by molar-refractivity contribution is 0.0519. The van der Waals surface area contributed by atoms with Crippen molar-refractivity contribution in [2.75, 3.05) is 32.8 Å². The number of nitrogens with zero attached hydrogens (tertiary/aromatic N) is 6. The summed E-state index contributed by atoms with van der Waals surface area (Å²) in [6.07, 6.45) is 5.73. The molecule has 0 spiro atoms. The van der Waals surface area contributed by atoms with Gasteiger partial charge in [-0.05, 0) is 133 Å². The van der Waals surface area contributed by atoms with Crippen molar-refractivity contribution in [1.29, 1.82) is 0 Å². The van der Waals surface area contributed by atoms with Crippen LogP contribution in [0.25, 0.3) is 22.5 Å². The summed E-state index contributed by atoms with van der Waals surface area (Å²) in [6, 6.07) is 41.2. The summed E-state index contributed by atoms with van der Waals surface area (Å²) in [5.74, 6) is 6.34. The summed E-state index contributed by atoms with van der Waals surface area (Å²) in [5.41, 5.74) is 16.9. The van der Waals surface area contributed by atoms with Crippen molar-refractivity contribution in [2.24, 2.45) is 5.73 Å². The maximum atomic E-state index is 13.7. The average molecular weight is 1370 g/mol. The van der Waals surface area contributed by atoms with Crippen LogP contribution < -0.4 is 11.1 Å². The standard InChI is InChI=1S/C32H39BrN4O2S.C23H29BrN2O3S.C11H16N2.3CH3.Al/c1-5-10-28-29-24(20-37(28)40(39)32(2,3)4)18-27(35-30(29)23-13-9-14-25(33)17-23)31(38)34-26-15-16-36(21-26)19-22-11-7-6-8-12-22;1-6-9-19-20-16(14-26(19)30(28)23(3,4)5)13-18(22(27)29-7-2)25-21(20)15-10-8-11-17(24)12-15;12-11-6-7-13(9-11)8-10-4-2-1-3-5-10;;;;/h6-9,11-14,17-18,26,28H,5,10,15-16,19-21H2,1-4H3,(H,34,38);8,10-13,19H,6-7,9,14H2,1-5H3;1-5,11H,6-9,12H2;3*1H3;/t26-,28-,40?;19-,30?;11-;;;;/m111..../s1. The van der Waals surface area contributed by atoms with E-state index in [0.717, 1.165) is 132 Å². The van der Waals surface area contributed by atoms with Gasteiger partial charge in [-0.25, -0.2) is 14.8 Å². The number of esters is 1. The minimum atomic E-state index is -1.19. The first-order chi connectivity index (χ1) is 41.4. The van der Waals surface area contributed by atoms with Crippen molar-refractivity contribution in [1.82, 2.24) is 33.7 Å². The first-order valence-electron chi connectivity index (χ1n) is 31.1. The van der Waals surface area contributed by atoms with Crippen LogP contribution in [0.4, 0.5) is 0 Å². The largest absolute Gasteiger partial charge is 0.597 e. The Hall–Kier alpha value is -3.97. The molecule has 4 aromatic carbocycles. The molecule has 6 atom stereocenters. The highest BCUT2D eigenvalue weighted by Crippen LogP contribution is 2.47. The monoisotopic (exact) mass is 1360 g/mol. The number of aromatic nitrogens is 2. The molecule has 2 unspecified atom stereocenters. The predicted octanol–water partition coefficient (Wildman–Crippen LogP) is 15.0. The molecule has 0 radical (unpaired) electrons. The van der Waals surface area contributed by atoms with Gasteiger partial charge in [-0.15, -0.1) is 26.0 Å². The van der Waals surface area contributed by atoms with Crippen molar-refractivity contribution in [3.05, 3.63) is 175 Å². The van der Waals surface area contributed by atoms with Crippen molar-refractivity contribution >= 4 is 80.6 Å². The minimum Gasteiger partial charge on any atom is -0.597 e. The molecule has 2 saturated heterocycles. The van der Waals surface area contributed by atoms with E-state index in [9.17, 15) is 18.7 Å². The van der Waals surface area contributed by atoms with Crippen LogP contribution in [0.2, 0.25) is 17.4 Å². The number of hydrogen-bond acceptors (Lipinski definition) is 12. The Bertz CT molecular complexity index is 3190. The number of benzene rings is 4. The summed E-state index contributed by atoms with van der Waals surface area (Å²) in [7, 11) is 0. The maximum absolute atomic E-state index is 13.7. The van der Waals surface area contributed by atoms with Crippen molar-refractivity contribution in [3.63, 3.8) is 0 Å². The molecule has 87 heavy (non-hydrogen) atoms. The van der Waals surface area contributed by atoms with Gasteiger partial charge in [0.1, 0.15) is 20.9 Å². The Morgan fingerprint density at radius 1 is 0.644 bits per heavy atom. The SMILES string of the molecule is CCC[C@@H]1c2c(cc(C(=O)N[C@@H]3CCN(Cc4ccccc4)C3)nc2-c2cccc(Br)c2)CN1[S+]([O-])C(C)(C)C.CCC[C@@H]1c2c(cc(C(=O)OCC)nc2-c2cccc(Br)c2)CN1[S+]([O-])C(C)(C)C.N[C@@H]1CCN(Cc2ccccc2)C1.[CH3][Al]([CH3])[CH3]. The lowest BCUT2D eigenvalue weighted by Gasteiger charge is -2.33. The third-order valence-electron chi connectivity index (χ3n) is 15.2. The zero-order valence-electron chi connectivity index (χ0n) is 53.4. The van der Waals surface area contributed by atoms with Crippen LogP contribution in [0.5, 0.6) is 0 Å². The van der Waals surface area contributed by atoms with Crippen LogP contribution in [0.1, 0.15) is 167 Å². The molecule has 0 saturated carbocycles. The van der Waals surface area contributed by atoms with Gasteiger partial charge in [-0.3, -0.25) is 14.6 Å². The number of carbonyl (C=O) groups is 2. The highest BCUT2D eigenvalue weighted by atomic mass is 79.9. The second-order valence-corrected chi connectivity index (χ2v) is 35.4. The fourth-order valence-electron chi connectivity index (χ4n) is 11.4. The van der Waals surface area contributed by atoms with E-state index in [-0.39, 0.29) is 47.7 Å². The van der Waals surface area contributed by atoms with Crippen LogP contribution >= 0.6 is 31.9 Å². The molecular weight excluding hydrogens is 1270 g/mol. The van der Waals surface area contributed by atoms with Gasteiger partial charge in [0, 0.05) is 105 Å². The first-order valence-corrected chi connectivity index (χ1v) is 38.4. The molecule has 18 heteroatoms. The fraction of sp³-hybridized carbons (Fsp3) is 0.478. The summed E-state index contributed by atoms with van der Waals surface area (Å²) >= 11 is 4.64. The van der Waals surface area contributed by atoms with Crippen molar-refractivity contribution in [3.8, 4) is 22.5 Å². The molecule has 10 rings (SSSR count). The van der Waals surface area contributed by atoms with E-state index in [4.69, 9.17) is 20.4 Å². The average Bonchev–Trinajstić information content (AvgIpc) is 1.69. The van der Waals surface area contributed by atoms with Crippen molar-refractivity contribution < 1.29 is 23.4 Å². The molecule has 4 aliphatic heterocycles. The summed E-state index contributed by atoms with van der Waals surface area (Å²) in [5, 5.41) is 3.26. The van der Waals surface area contributed by atoms with Crippen LogP contribution in [-0.4, -0.2) is 118 Å². The fourth-order valence-corrected chi connectivity index (χ4v) is 15.0. The van der Waals surface area contributed by atoms with Gasteiger partial charge < -0.3 is 24.9 Å². The normalized spacial score (nSPS) is 19.3. The van der Waals surface area contributed by atoms with Gasteiger partial charge in [-0.2, -0.15) is 0 Å². The highest BCUT2D eigenvalue weighted by molar-refractivity contribution is 9.10. The number of fused-ring (bicyclic) bond motifs is 2.